The Hall–Kier alpha value is -1.06. The number of carbonyl (C=O) groups excluding carboxylic acids is 1. The molecule has 2 fully saturated rings. The molecule has 1 amide bonds. The van der Waals surface area contributed by atoms with Crippen LogP contribution in [0.1, 0.15) is 39.5 Å². The zero-order valence-electron chi connectivity index (χ0n) is 9.95. The van der Waals surface area contributed by atoms with Crippen molar-refractivity contribution in [3.8, 4) is 0 Å². The lowest BCUT2D eigenvalue weighted by atomic mass is 9.83. The highest BCUT2D eigenvalue weighted by Gasteiger charge is 2.59. The van der Waals surface area contributed by atoms with Gasteiger partial charge < -0.3 is 10.0 Å². The van der Waals surface area contributed by atoms with E-state index in [4.69, 9.17) is 5.11 Å². The first-order valence-corrected chi connectivity index (χ1v) is 5.90. The molecule has 0 aromatic rings. The third-order valence-electron chi connectivity index (χ3n) is 3.76. The predicted octanol–water partition coefficient (Wildman–Crippen LogP) is 1.50. The van der Waals surface area contributed by atoms with E-state index in [9.17, 15) is 9.59 Å². The van der Waals surface area contributed by atoms with Crippen molar-refractivity contribution < 1.29 is 14.7 Å². The summed E-state index contributed by atoms with van der Waals surface area (Å²) in [7, 11) is 0. The fraction of sp³-hybridized carbons (Fsp3) is 0.833. The van der Waals surface area contributed by atoms with E-state index in [0.717, 1.165) is 19.4 Å². The Morgan fingerprint density at radius 2 is 1.81 bits per heavy atom. The molecule has 90 valence electrons. The molecule has 0 spiro atoms. The first-order valence-electron chi connectivity index (χ1n) is 5.90. The largest absolute Gasteiger partial charge is 0.480 e. The SMILES string of the molecule is CC1(C)CCCN(C(=O)C2(C(=O)O)CC2)C1. The average molecular weight is 225 g/mol. The average Bonchev–Trinajstić information content (AvgIpc) is 2.95. The highest BCUT2D eigenvalue weighted by Crippen LogP contribution is 2.48. The molecule has 1 aliphatic carbocycles. The van der Waals surface area contributed by atoms with Crippen LogP contribution in [0, 0.1) is 10.8 Å². The maximum Gasteiger partial charge on any atom is 0.319 e. The van der Waals surface area contributed by atoms with Gasteiger partial charge in [0.05, 0.1) is 0 Å². The summed E-state index contributed by atoms with van der Waals surface area (Å²) < 4.78 is 0. The van der Waals surface area contributed by atoms with Crippen LogP contribution in [0.25, 0.3) is 0 Å². The van der Waals surface area contributed by atoms with Gasteiger partial charge in [0.2, 0.25) is 5.91 Å². The van der Waals surface area contributed by atoms with Gasteiger partial charge in [-0.3, -0.25) is 9.59 Å². The molecule has 1 heterocycles. The molecule has 1 saturated carbocycles. The van der Waals surface area contributed by atoms with Gasteiger partial charge in [-0.2, -0.15) is 0 Å². The van der Waals surface area contributed by atoms with E-state index >= 15 is 0 Å². The van der Waals surface area contributed by atoms with Crippen LogP contribution < -0.4 is 0 Å². The van der Waals surface area contributed by atoms with E-state index in [0.29, 0.717) is 19.4 Å². The fourth-order valence-corrected chi connectivity index (χ4v) is 2.54. The summed E-state index contributed by atoms with van der Waals surface area (Å²) in [5.74, 6) is -1.10. The van der Waals surface area contributed by atoms with E-state index in [2.05, 4.69) is 13.8 Å². The lowest BCUT2D eigenvalue weighted by Crippen LogP contribution is -2.48. The van der Waals surface area contributed by atoms with Gasteiger partial charge in [0.1, 0.15) is 5.41 Å². The molecule has 0 aromatic heterocycles. The second kappa shape index (κ2) is 3.47. The molecular formula is C12H19NO3. The van der Waals surface area contributed by atoms with Crippen LogP contribution in [0.4, 0.5) is 0 Å². The van der Waals surface area contributed by atoms with Crippen LogP contribution in [0.15, 0.2) is 0 Å². The summed E-state index contributed by atoms with van der Waals surface area (Å²) >= 11 is 0. The molecule has 1 N–H and O–H groups in total. The monoisotopic (exact) mass is 225 g/mol. The summed E-state index contributed by atoms with van der Waals surface area (Å²) in [6.45, 7) is 5.68. The van der Waals surface area contributed by atoms with Gasteiger partial charge in [0.25, 0.3) is 0 Å². The molecule has 4 heteroatoms. The Bertz CT molecular complexity index is 331. The van der Waals surface area contributed by atoms with Crippen molar-refractivity contribution in [1.29, 1.82) is 0 Å². The molecule has 0 bridgehead atoms. The minimum Gasteiger partial charge on any atom is -0.480 e. The minimum atomic E-state index is -1.06. The second-order valence-corrected chi connectivity index (χ2v) is 5.88. The molecule has 1 saturated heterocycles. The number of hydrogen-bond donors (Lipinski definition) is 1. The van der Waals surface area contributed by atoms with E-state index < -0.39 is 11.4 Å². The zero-order chi connectivity index (χ0) is 12.0. The smallest absolute Gasteiger partial charge is 0.319 e. The van der Waals surface area contributed by atoms with Crippen LogP contribution in [-0.2, 0) is 9.59 Å². The number of carboxylic acid groups (broad SMARTS) is 1. The topological polar surface area (TPSA) is 57.6 Å². The number of amides is 1. The van der Waals surface area contributed by atoms with Crippen molar-refractivity contribution in [3.63, 3.8) is 0 Å². The Morgan fingerprint density at radius 1 is 1.19 bits per heavy atom. The van der Waals surface area contributed by atoms with E-state index in [1.807, 2.05) is 0 Å². The van der Waals surface area contributed by atoms with Crippen LogP contribution in [0.2, 0.25) is 0 Å². The van der Waals surface area contributed by atoms with Gasteiger partial charge >= 0.3 is 5.97 Å². The van der Waals surface area contributed by atoms with E-state index in [1.54, 1.807) is 4.90 Å². The van der Waals surface area contributed by atoms with Gasteiger partial charge in [-0.05, 0) is 31.1 Å². The van der Waals surface area contributed by atoms with Crippen LogP contribution in [0.5, 0.6) is 0 Å². The van der Waals surface area contributed by atoms with Crippen molar-refractivity contribution in [3.05, 3.63) is 0 Å². The molecule has 0 aromatic carbocycles. The summed E-state index contributed by atoms with van der Waals surface area (Å²) in [6, 6.07) is 0. The number of rotatable bonds is 2. The molecule has 4 nitrogen and oxygen atoms in total. The van der Waals surface area contributed by atoms with Gasteiger partial charge in [0, 0.05) is 13.1 Å². The Balaban J connectivity index is 2.08. The maximum atomic E-state index is 12.2. The normalized spacial score (nSPS) is 26.2. The van der Waals surface area contributed by atoms with Gasteiger partial charge in [-0.15, -0.1) is 0 Å². The number of piperidine rings is 1. The highest BCUT2D eigenvalue weighted by atomic mass is 16.4. The lowest BCUT2D eigenvalue weighted by molar-refractivity contribution is -0.155. The molecule has 2 aliphatic rings. The molecule has 16 heavy (non-hydrogen) atoms. The third-order valence-corrected chi connectivity index (χ3v) is 3.76. The van der Waals surface area contributed by atoms with Crippen LogP contribution in [0.3, 0.4) is 0 Å². The Labute approximate surface area is 95.6 Å². The third kappa shape index (κ3) is 1.81. The summed E-state index contributed by atoms with van der Waals surface area (Å²) in [5.41, 5.74) is -0.935. The second-order valence-electron chi connectivity index (χ2n) is 5.88. The molecular weight excluding hydrogens is 206 g/mol. The van der Waals surface area contributed by atoms with E-state index in [1.165, 1.54) is 0 Å². The summed E-state index contributed by atoms with van der Waals surface area (Å²) in [4.78, 5) is 25.0. The lowest BCUT2D eigenvalue weighted by Gasteiger charge is -2.39. The van der Waals surface area contributed by atoms with Crippen molar-refractivity contribution in [2.45, 2.75) is 39.5 Å². The molecule has 1 aliphatic heterocycles. The summed E-state index contributed by atoms with van der Waals surface area (Å²) in [6.07, 6.45) is 3.11. The number of aliphatic carboxylic acids is 1. The standard InChI is InChI=1S/C12H19NO3/c1-11(2)4-3-7-13(8-11)9(14)12(5-6-12)10(15)16/h3-8H2,1-2H3,(H,15,16). The quantitative estimate of drug-likeness (QED) is 0.724. The maximum absolute atomic E-state index is 12.2. The number of nitrogens with zero attached hydrogens (tertiary/aromatic N) is 1. The first kappa shape index (κ1) is 11.4. The van der Waals surface area contributed by atoms with E-state index in [-0.39, 0.29) is 11.3 Å². The van der Waals surface area contributed by atoms with Crippen molar-refractivity contribution in [1.82, 2.24) is 4.90 Å². The number of hydrogen-bond acceptors (Lipinski definition) is 2. The highest BCUT2D eigenvalue weighted by molar-refractivity contribution is 6.04. The molecule has 2 rings (SSSR count). The van der Waals surface area contributed by atoms with Gasteiger partial charge in [-0.1, -0.05) is 13.8 Å². The molecule has 0 radical (unpaired) electrons. The fourth-order valence-electron chi connectivity index (χ4n) is 2.54. The predicted molar refractivity (Wildman–Crippen MR) is 58.9 cm³/mol. The first-order chi connectivity index (χ1) is 7.37. The summed E-state index contributed by atoms with van der Waals surface area (Å²) in [5, 5.41) is 9.09. The molecule has 0 unspecified atom stereocenters. The number of carboxylic acids is 1. The van der Waals surface area contributed by atoms with Gasteiger partial charge in [0.15, 0.2) is 0 Å². The Kier molecular flexibility index (Phi) is 2.48. The van der Waals surface area contributed by atoms with Crippen LogP contribution in [-0.4, -0.2) is 35.0 Å². The minimum absolute atomic E-state index is 0.127. The van der Waals surface area contributed by atoms with Crippen molar-refractivity contribution in [2.75, 3.05) is 13.1 Å². The Morgan fingerprint density at radius 3 is 2.25 bits per heavy atom. The number of likely N-dealkylation sites (tertiary alicyclic amines) is 1. The van der Waals surface area contributed by atoms with Crippen LogP contribution >= 0.6 is 0 Å². The van der Waals surface area contributed by atoms with Crippen molar-refractivity contribution >= 4 is 11.9 Å². The van der Waals surface area contributed by atoms with Crippen molar-refractivity contribution in [2.24, 2.45) is 10.8 Å². The van der Waals surface area contributed by atoms with Gasteiger partial charge in [-0.25, -0.2) is 0 Å². The molecule has 0 atom stereocenters. The zero-order valence-corrected chi connectivity index (χ0v) is 9.95. The number of carbonyl (C=O) groups is 2.